The normalized spacial score (nSPS) is 25.3. The highest BCUT2D eigenvalue weighted by Gasteiger charge is 2.28. The van der Waals surface area contributed by atoms with E-state index in [1.165, 1.54) is 6.42 Å². The van der Waals surface area contributed by atoms with Gasteiger partial charge in [0.15, 0.2) is 0 Å². The summed E-state index contributed by atoms with van der Waals surface area (Å²) in [5.41, 5.74) is 0. The lowest BCUT2D eigenvalue weighted by atomic mass is 9.99. The first-order valence-electron chi connectivity index (χ1n) is 6.75. The average molecular weight is 242 g/mol. The molecule has 0 bridgehead atoms. The molecule has 0 aromatic heterocycles. The van der Waals surface area contributed by atoms with Crippen molar-refractivity contribution in [2.24, 2.45) is 5.92 Å². The van der Waals surface area contributed by atoms with Gasteiger partial charge in [-0.3, -0.25) is 9.69 Å². The Labute approximate surface area is 104 Å². The molecule has 0 spiro atoms. The highest BCUT2D eigenvalue weighted by Crippen LogP contribution is 2.17. The van der Waals surface area contributed by atoms with Gasteiger partial charge in [0.1, 0.15) is 0 Å². The number of piperidine rings is 1. The largest absolute Gasteiger partial charge is 0.396 e. The Kier molecular flexibility index (Phi) is 5.92. The summed E-state index contributed by atoms with van der Waals surface area (Å²) in [6.45, 7) is 8.08. The van der Waals surface area contributed by atoms with E-state index in [0.29, 0.717) is 0 Å². The van der Waals surface area contributed by atoms with E-state index in [-0.39, 0.29) is 30.5 Å². The van der Waals surface area contributed by atoms with Gasteiger partial charge in [0.05, 0.1) is 6.04 Å². The molecule has 4 nitrogen and oxygen atoms in total. The van der Waals surface area contributed by atoms with Crippen molar-refractivity contribution < 1.29 is 9.90 Å². The first-order chi connectivity index (χ1) is 8.10. The Morgan fingerprint density at radius 3 is 2.76 bits per heavy atom. The van der Waals surface area contributed by atoms with Crippen LogP contribution in [0.1, 0.15) is 40.0 Å². The van der Waals surface area contributed by atoms with Crippen molar-refractivity contribution >= 4 is 5.91 Å². The molecule has 1 aliphatic heterocycles. The van der Waals surface area contributed by atoms with Gasteiger partial charge in [0.2, 0.25) is 5.91 Å². The van der Waals surface area contributed by atoms with Gasteiger partial charge >= 0.3 is 0 Å². The SMILES string of the molecule is CCN1CCCCC1C(=O)NC(C)C(C)CO. The van der Waals surface area contributed by atoms with E-state index in [0.717, 1.165) is 25.9 Å². The van der Waals surface area contributed by atoms with Gasteiger partial charge in [-0.05, 0) is 38.8 Å². The number of amides is 1. The van der Waals surface area contributed by atoms with E-state index in [2.05, 4.69) is 17.1 Å². The Bertz CT molecular complexity index is 246. The maximum absolute atomic E-state index is 12.2. The molecular formula is C13H26N2O2. The van der Waals surface area contributed by atoms with Crippen LogP contribution in [0.4, 0.5) is 0 Å². The smallest absolute Gasteiger partial charge is 0.237 e. The molecule has 1 rings (SSSR count). The van der Waals surface area contributed by atoms with Crippen molar-refractivity contribution in [3.05, 3.63) is 0 Å². The highest BCUT2D eigenvalue weighted by molar-refractivity contribution is 5.82. The summed E-state index contributed by atoms with van der Waals surface area (Å²) in [7, 11) is 0. The third-order valence-electron chi connectivity index (χ3n) is 3.83. The minimum Gasteiger partial charge on any atom is -0.396 e. The molecule has 0 saturated carbocycles. The van der Waals surface area contributed by atoms with Crippen LogP contribution in [0.5, 0.6) is 0 Å². The Hall–Kier alpha value is -0.610. The van der Waals surface area contributed by atoms with Gasteiger partial charge in [-0.1, -0.05) is 20.3 Å². The number of likely N-dealkylation sites (tertiary alicyclic amines) is 1. The summed E-state index contributed by atoms with van der Waals surface area (Å²) in [6.07, 6.45) is 3.29. The number of rotatable bonds is 5. The molecule has 0 aromatic carbocycles. The van der Waals surface area contributed by atoms with Crippen LogP contribution in [0.15, 0.2) is 0 Å². The highest BCUT2D eigenvalue weighted by atomic mass is 16.3. The zero-order valence-electron chi connectivity index (χ0n) is 11.3. The van der Waals surface area contributed by atoms with E-state index in [9.17, 15) is 4.79 Å². The molecule has 0 aliphatic carbocycles. The molecule has 2 N–H and O–H groups in total. The van der Waals surface area contributed by atoms with Crippen molar-refractivity contribution in [3.8, 4) is 0 Å². The summed E-state index contributed by atoms with van der Waals surface area (Å²) >= 11 is 0. The van der Waals surface area contributed by atoms with E-state index < -0.39 is 0 Å². The first kappa shape index (κ1) is 14.5. The lowest BCUT2D eigenvalue weighted by Gasteiger charge is -2.34. The Balaban J connectivity index is 2.50. The van der Waals surface area contributed by atoms with Crippen LogP contribution in [0.3, 0.4) is 0 Å². The Morgan fingerprint density at radius 1 is 1.47 bits per heavy atom. The van der Waals surface area contributed by atoms with Crippen LogP contribution < -0.4 is 5.32 Å². The fraction of sp³-hybridized carbons (Fsp3) is 0.923. The van der Waals surface area contributed by atoms with E-state index in [1.54, 1.807) is 0 Å². The van der Waals surface area contributed by atoms with Gasteiger partial charge in [-0.15, -0.1) is 0 Å². The van der Waals surface area contributed by atoms with Gasteiger partial charge in [0.25, 0.3) is 0 Å². The molecule has 1 fully saturated rings. The molecule has 3 atom stereocenters. The fourth-order valence-corrected chi connectivity index (χ4v) is 2.29. The minimum absolute atomic E-state index is 0.0297. The molecular weight excluding hydrogens is 216 g/mol. The molecule has 3 unspecified atom stereocenters. The van der Waals surface area contributed by atoms with Crippen LogP contribution >= 0.6 is 0 Å². The monoisotopic (exact) mass is 242 g/mol. The number of carbonyl (C=O) groups is 1. The number of hydrogen-bond donors (Lipinski definition) is 2. The first-order valence-corrected chi connectivity index (χ1v) is 6.75. The molecule has 1 heterocycles. The topological polar surface area (TPSA) is 52.6 Å². The quantitative estimate of drug-likeness (QED) is 0.756. The molecule has 100 valence electrons. The summed E-state index contributed by atoms with van der Waals surface area (Å²) in [4.78, 5) is 14.4. The molecule has 1 aliphatic rings. The summed E-state index contributed by atoms with van der Waals surface area (Å²) in [5, 5.41) is 12.1. The van der Waals surface area contributed by atoms with Crippen molar-refractivity contribution in [1.82, 2.24) is 10.2 Å². The zero-order chi connectivity index (χ0) is 12.8. The van der Waals surface area contributed by atoms with Crippen LogP contribution in [-0.2, 0) is 4.79 Å². The van der Waals surface area contributed by atoms with Crippen molar-refractivity contribution in [2.75, 3.05) is 19.7 Å². The number of aliphatic hydroxyl groups is 1. The Morgan fingerprint density at radius 2 is 2.18 bits per heavy atom. The van der Waals surface area contributed by atoms with Crippen molar-refractivity contribution in [2.45, 2.75) is 52.1 Å². The van der Waals surface area contributed by atoms with E-state index in [1.807, 2.05) is 13.8 Å². The van der Waals surface area contributed by atoms with E-state index >= 15 is 0 Å². The summed E-state index contributed by atoms with van der Waals surface area (Å²) in [5.74, 6) is 0.233. The number of nitrogens with one attached hydrogen (secondary N) is 1. The summed E-state index contributed by atoms with van der Waals surface area (Å²) in [6, 6.07) is 0.0650. The maximum Gasteiger partial charge on any atom is 0.237 e. The molecule has 1 saturated heterocycles. The van der Waals surface area contributed by atoms with Crippen molar-refractivity contribution in [1.29, 1.82) is 0 Å². The predicted molar refractivity (Wildman–Crippen MR) is 68.7 cm³/mol. The van der Waals surface area contributed by atoms with Gasteiger partial charge in [0, 0.05) is 12.6 Å². The van der Waals surface area contributed by atoms with Crippen LogP contribution in [0.25, 0.3) is 0 Å². The van der Waals surface area contributed by atoms with Crippen LogP contribution in [0, 0.1) is 5.92 Å². The minimum atomic E-state index is 0.0297. The lowest BCUT2D eigenvalue weighted by Crippen LogP contribution is -2.52. The molecule has 1 amide bonds. The molecule has 17 heavy (non-hydrogen) atoms. The standard InChI is InChI=1S/C13H26N2O2/c1-4-15-8-6-5-7-12(15)13(17)14-11(3)10(2)9-16/h10-12,16H,4-9H2,1-3H3,(H,14,17). The number of carbonyl (C=O) groups excluding carboxylic acids is 1. The second-order valence-corrected chi connectivity index (χ2v) is 5.10. The number of likely N-dealkylation sites (N-methyl/N-ethyl adjacent to an activating group) is 1. The second kappa shape index (κ2) is 6.97. The molecule has 0 aromatic rings. The average Bonchev–Trinajstić information content (AvgIpc) is 2.37. The predicted octanol–water partition coefficient (Wildman–Crippen LogP) is 0.994. The number of nitrogens with zero attached hydrogens (tertiary/aromatic N) is 1. The number of hydrogen-bond acceptors (Lipinski definition) is 3. The fourth-order valence-electron chi connectivity index (χ4n) is 2.29. The third-order valence-corrected chi connectivity index (χ3v) is 3.83. The molecule has 0 radical (unpaired) electrons. The van der Waals surface area contributed by atoms with Gasteiger partial charge in [-0.25, -0.2) is 0 Å². The summed E-state index contributed by atoms with van der Waals surface area (Å²) < 4.78 is 0. The van der Waals surface area contributed by atoms with Gasteiger partial charge in [-0.2, -0.15) is 0 Å². The van der Waals surface area contributed by atoms with Gasteiger partial charge < -0.3 is 10.4 Å². The lowest BCUT2D eigenvalue weighted by molar-refractivity contribution is -0.128. The molecule has 4 heteroatoms. The second-order valence-electron chi connectivity index (χ2n) is 5.10. The number of aliphatic hydroxyl groups excluding tert-OH is 1. The van der Waals surface area contributed by atoms with E-state index in [4.69, 9.17) is 5.11 Å². The maximum atomic E-state index is 12.2. The van der Waals surface area contributed by atoms with Crippen LogP contribution in [0.2, 0.25) is 0 Å². The third kappa shape index (κ3) is 3.96. The van der Waals surface area contributed by atoms with Crippen LogP contribution in [-0.4, -0.2) is 47.7 Å². The van der Waals surface area contributed by atoms with Crippen molar-refractivity contribution in [3.63, 3.8) is 0 Å². The zero-order valence-corrected chi connectivity index (χ0v) is 11.3.